The molecule has 1 fully saturated rings. The van der Waals surface area contributed by atoms with Gasteiger partial charge in [0.05, 0.1) is 5.52 Å². The minimum absolute atomic E-state index is 0.116. The van der Waals surface area contributed by atoms with Gasteiger partial charge in [-0.25, -0.2) is 4.98 Å². The molecule has 7 nitrogen and oxygen atoms in total. The lowest BCUT2D eigenvalue weighted by molar-refractivity contribution is 0.0651. The van der Waals surface area contributed by atoms with Gasteiger partial charge < -0.3 is 14.7 Å². The molecule has 140 valence electrons. The number of unbranched alkanes of at least 4 members (excludes halogenated alkanes) is 1. The van der Waals surface area contributed by atoms with Crippen LogP contribution in [0.25, 0.3) is 5.52 Å². The highest BCUT2D eigenvalue weighted by Gasteiger charge is 2.27. The SMILES string of the molecule is CCCCN(C)C(=O)c1nc(C(=O)N2CCN(C)CC2)n2ccccc12. The third-order valence-electron chi connectivity index (χ3n) is 4.93. The molecule has 26 heavy (non-hydrogen) atoms. The normalized spacial score (nSPS) is 15.4. The topological polar surface area (TPSA) is 61.2 Å². The largest absolute Gasteiger partial charge is 0.340 e. The molecule has 2 aromatic heterocycles. The Balaban J connectivity index is 1.92. The highest BCUT2D eigenvalue weighted by molar-refractivity contribution is 6.02. The van der Waals surface area contributed by atoms with Crippen LogP contribution < -0.4 is 0 Å². The van der Waals surface area contributed by atoms with E-state index in [0.717, 1.165) is 25.9 Å². The summed E-state index contributed by atoms with van der Waals surface area (Å²) in [5.41, 5.74) is 1.03. The van der Waals surface area contributed by atoms with Gasteiger partial charge in [-0.05, 0) is 25.6 Å². The number of likely N-dealkylation sites (N-methyl/N-ethyl adjacent to an activating group) is 1. The Labute approximate surface area is 154 Å². The number of fused-ring (bicyclic) bond motifs is 1. The molecule has 0 spiro atoms. The molecule has 3 rings (SSSR count). The van der Waals surface area contributed by atoms with E-state index >= 15 is 0 Å². The van der Waals surface area contributed by atoms with E-state index < -0.39 is 0 Å². The summed E-state index contributed by atoms with van der Waals surface area (Å²) >= 11 is 0. The van der Waals surface area contributed by atoms with Crippen LogP contribution in [-0.2, 0) is 0 Å². The van der Waals surface area contributed by atoms with Gasteiger partial charge in [-0.1, -0.05) is 19.4 Å². The Bertz CT molecular complexity index is 792. The highest BCUT2D eigenvalue weighted by atomic mass is 16.2. The fourth-order valence-corrected chi connectivity index (χ4v) is 3.17. The molecule has 0 radical (unpaired) electrons. The molecular weight excluding hydrogens is 330 g/mol. The van der Waals surface area contributed by atoms with E-state index in [1.807, 2.05) is 23.1 Å². The Morgan fingerprint density at radius 1 is 1.19 bits per heavy atom. The number of piperazine rings is 1. The van der Waals surface area contributed by atoms with Crippen molar-refractivity contribution in [3.05, 3.63) is 35.9 Å². The van der Waals surface area contributed by atoms with Crippen molar-refractivity contribution >= 4 is 17.3 Å². The number of carbonyl (C=O) groups excluding carboxylic acids is 2. The molecule has 3 heterocycles. The maximum atomic E-state index is 13.0. The van der Waals surface area contributed by atoms with Gasteiger partial charge in [-0.3, -0.25) is 14.0 Å². The number of rotatable bonds is 5. The monoisotopic (exact) mass is 357 g/mol. The van der Waals surface area contributed by atoms with Gasteiger partial charge in [-0.15, -0.1) is 0 Å². The van der Waals surface area contributed by atoms with Crippen LogP contribution >= 0.6 is 0 Å². The van der Waals surface area contributed by atoms with Crippen LogP contribution in [0.5, 0.6) is 0 Å². The third-order valence-corrected chi connectivity index (χ3v) is 4.93. The lowest BCUT2D eigenvalue weighted by atomic mass is 10.2. The van der Waals surface area contributed by atoms with Crippen LogP contribution in [0.4, 0.5) is 0 Å². The van der Waals surface area contributed by atoms with Crippen LogP contribution in [-0.4, -0.2) is 82.7 Å². The first-order valence-corrected chi connectivity index (χ1v) is 9.23. The van der Waals surface area contributed by atoms with Crippen molar-refractivity contribution in [3.63, 3.8) is 0 Å². The number of nitrogens with zero attached hydrogens (tertiary/aromatic N) is 5. The fraction of sp³-hybridized carbons (Fsp3) is 0.526. The Hall–Kier alpha value is -2.41. The molecular formula is C19H27N5O2. The van der Waals surface area contributed by atoms with Crippen LogP contribution in [0.1, 0.15) is 40.9 Å². The summed E-state index contributed by atoms with van der Waals surface area (Å²) in [5, 5.41) is 0. The first-order chi connectivity index (χ1) is 12.5. The predicted octanol–water partition coefficient (Wildman–Crippen LogP) is 1.59. The smallest absolute Gasteiger partial charge is 0.290 e. The van der Waals surface area contributed by atoms with E-state index in [2.05, 4.69) is 23.9 Å². The summed E-state index contributed by atoms with van der Waals surface area (Å²) in [4.78, 5) is 36.0. The minimum atomic E-state index is -0.139. The molecule has 1 aliphatic heterocycles. The van der Waals surface area contributed by atoms with Gasteiger partial charge in [0, 0.05) is 46.0 Å². The maximum Gasteiger partial charge on any atom is 0.290 e. The molecule has 0 aliphatic carbocycles. The van der Waals surface area contributed by atoms with Crippen LogP contribution in [0.3, 0.4) is 0 Å². The summed E-state index contributed by atoms with van der Waals surface area (Å²) in [7, 11) is 3.84. The zero-order valence-electron chi connectivity index (χ0n) is 15.8. The van der Waals surface area contributed by atoms with E-state index in [0.29, 0.717) is 36.7 Å². The van der Waals surface area contributed by atoms with Crippen molar-refractivity contribution in [2.75, 3.05) is 46.8 Å². The molecule has 0 atom stereocenters. The molecule has 2 amide bonds. The number of hydrogen-bond donors (Lipinski definition) is 0. The van der Waals surface area contributed by atoms with Gasteiger partial charge in [0.2, 0.25) is 5.82 Å². The molecule has 2 aromatic rings. The van der Waals surface area contributed by atoms with E-state index in [9.17, 15) is 9.59 Å². The van der Waals surface area contributed by atoms with Crippen LogP contribution in [0.15, 0.2) is 24.4 Å². The second kappa shape index (κ2) is 7.86. The Morgan fingerprint density at radius 3 is 2.62 bits per heavy atom. The summed E-state index contributed by atoms with van der Waals surface area (Å²) < 4.78 is 1.74. The summed E-state index contributed by atoms with van der Waals surface area (Å²) in [5.74, 6) is 0.0616. The lowest BCUT2D eigenvalue weighted by Gasteiger charge is -2.31. The number of carbonyl (C=O) groups is 2. The average Bonchev–Trinajstić information content (AvgIpc) is 3.05. The quantitative estimate of drug-likeness (QED) is 0.815. The number of aromatic nitrogens is 2. The predicted molar refractivity (Wildman–Crippen MR) is 100 cm³/mol. The van der Waals surface area contributed by atoms with Gasteiger partial charge in [-0.2, -0.15) is 0 Å². The van der Waals surface area contributed by atoms with Gasteiger partial charge in [0.15, 0.2) is 5.69 Å². The molecule has 0 N–H and O–H groups in total. The Kier molecular flexibility index (Phi) is 5.56. The van der Waals surface area contributed by atoms with E-state index in [1.165, 1.54) is 0 Å². The molecule has 0 unspecified atom stereocenters. The molecule has 1 saturated heterocycles. The van der Waals surface area contributed by atoms with Crippen molar-refractivity contribution in [1.82, 2.24) is 24.1 Å². The lowest BCUT2D eigenvalue weighted by Crippen LogP contribution is -2.47. The second-order valence-corrected chi connectivity index (χ2v) is 6.92. The zero-order valence-corrected chi connectivity index (χ0v) is 15.8. The Morgan fingerprint density at radius 2 is 1.92 bits per heavy atom. The molecule has 1 aliphatic rings. The van der Waals surface area contributed by atoms with Crippen molar-refractivity contribution in [2.24, 2.45) is 0 Å². The molecule has 0 bridgehead atoms. The first-order valence-electron chi connectivity index (χ1n) is 9.23. The molecule has 0 saturated carbocycles. The number of hydrogen-bond acceptors (Lipinski definition) is 4. The number of imidazole rings is 1. The van der Waals surface area contributed by atoms with E-state index in [-0.39, 0.29) is 11.8 Å². The van der Waals surface area contributed by atoms with Crippen molar-refractivity contribution in [1.29, 1.82) is 0 Å². The van der Waals surface area contributed by atoms with Crippen molar-refractivity contribution in [2.45, 2.75) is 19.8 Å². The maximum absolute atomic E-state index is 13.0. The van der Waals surface area contributed by atoms with Gasteiger partial charge >= 0.3 is 0 Å². The highest BCUT2D eigenvalue weighted by Crippen LogP contribution is 2.17. The number of pyridine rings is 1. The van der Waals surface area contributed by atoms with E-state index in [4.69, 9.17) is 0 Å². The van der Waals surface area contributed by atoms with Crippen LogP contribution in [0, 0.1) is 0 Å². The summed E-state index contributed by atoms with van der Waals surface area (Å²) in [6, 6.07) is 5.56. The van der Waals surface area contributed by atoms with Gasteiger partial charge in [0.1, 0.15) is 0 Å². The van der Waals surface area contributed by atoms with Gasteiger partial charge in [0.25, 0.3) is 11.8 Å². The van der Waals surface area contributed by atoms with Crippen LogP contribution in [0.2, 0.25) is 0 Å². The minimum Gasteiger partial charge on any atom is -0.340 e. The number of amides is 2. The van der Waals surface area contributed by atoms with Crippen molar-refractivity contribution < 1.29 is 9.59 Å². The third kappa shape index (κ3) is 3.58. The zero-order chi connectivity index (χ0) is 18.7. The summed E-state index contributed by atoms with van der Waals surface area (Å²) in [6.45, 7) is 5.83. The van der Waals surface area contributed by atoms with E-state index in [1.54, 1.807) is 22.5 Å². The fourth-order valence-electron chi connectivity index (χ4n) is 3.17. The second-order valence-electron chi connectivity index (χ2n) is 6.92. The summed E-state index contributed by atoms with van der Waals surface area (Å²) in [6.07, 6.45) is 3.77. The standard InChI is InChI=1S/C19H27N5O2/c1-4-5-9-22(3)18(25)16-15-8-6-7-10-24(15)17(20-16)19(26)23-13-11-21(2)12-14-23/h6-8,10H,4-5,9,11-14H2,1-3H3. The molecule has 0 aromatic carbocycles. The van der Waals surface area contributed by atoms with Crippen molar-refractivity contribution in [3.8, 4) is 0 Å². The first kappa shape index (κ1) is 18.4. The molecule has 7 heteroatoms. The average molecular weight is 357 g/mol.